The van der Waals surface area contributed by atoms with Gasteiger partial charge in [0.25, 0.3) is 5.56 Å². The summed E-state index contributed by atoms with van der Waals surface area (Å²) in [6.45, 7) is 6.99. The molecule has 21 heavy (non-hydrogen) atoms. The summed E-state index contributed by atoms with van der Waals surface area (Å²) >= 11 is 0. The van der Waals surface area contributed by atoms with Crippen LogP contribution in [0.5, 0.6) is 0 Å². The van der Waals surface area contributed by atoms with Crippen LogP contribution < -0.4 is 17.0 Å². The van der Waals surface area contributed by atoms with Gasteiger partial charge in [-0.3, -0.25) is 13.9 Å². The lowest BCUT2D eigenvalue weighted by atomic mass is 10.2. The first-order valence-corrected chi connectivity index (χ1v) is 7.32. The van der Waals surface area contributed by atoms with E-state index >= 15 is 0 Å². The van der Waals surface area contributed by atoms with Crippen molar-refractivity contribution in [2.75, 3.05) is 6.54 Å². The Balaban J connectivity index is 2.88. The van der Waals surface area contributed by atoms with Crippen molar-refractivity contribution in [3.8, 4) is 0 Å². The molecule has 0 radical (unpaired) electrons. The van der Waals surface area contributed by atoms with Gasteiger partial charge in [0.05, 0.1) is 0 Å². The van der Waals surface area contributed by atoms with Crippen molar-refractivity contribution < 1.29 is 0 Å². The molecule has 0 aliphatic carbocycles. The molecule has 0 saturated carbocycles. The molecule has 0 saturated heterocycles. The number of nitrogens with zero attached hydrogens (tertiary/aromatic N) is 4. The number of hydrogen-bond acceptors (Lipinski definition) is 4. The predicted octanol–water partition coefficient (Wildman–Crippen LogP) is 0.525. The first-order valence-electron chi connectivity index (χ1n) is 7.32. The van der Waals surface area contributed by atoms with Crippen molar-refractivity contribution in [2.24, 2.45) is 12.8 Å². The molecule has 7 nitrogen and oxygen atoms in total. The Bertz CT molecular complexity index is 768. The number of rotatable bonds is 5. The summed E-state index contributed by atoms with van der Waals surface area (Å²) in [6, 6.07) is -0.0101. The molecule has 2 rings (SSSR count). The topological polar surface area (TPSA) is 87.8 Å². The minimum absolute atomic E-state index is 0.0101. The van der Waals surface area contributed by atoms with Crippen molar-refractivity contribution in [1.82, 2.24) is 18.7 Å². The maximum Gasteiger partial charge on any atom is 0.332 e. The monoisotopic (exact) mass is 293 g/mol. The lowest BCUT2D eigenvalue weighted by molar-refractivity contribution is 0.499. The highest BCUT2D eigenvalue weighted by Gasteiger charge is 2.20. The van der Waals surface area contributed by atoms with Crippen molar-refractivity contribution in [1.29, 1.82) is 0 Å². The molecule has 0 fully saturated rings. The summed E-state index contributed by atoms with van der Waals surface area (Å²) in [6.07, 6.45) is 1.56. The average Bonchev–Trinajstić information content (AvgIpc) is 2.79. The minimum atomic E-state index is -0.315. The van der Waals surface area contributed by atoms with Crippen LogP contribution >= 0.6 is 0 Å². The molecule has 2 heterocycles. The highest BCUT2D eigenvalue weighted by molar-refractivity contribution is 5.71. The zero-order valence-corrected chi connectivity index (χ0v) is 13.1. The lowest BCUT2D eigenvalue weighted by Crippen LogP contribution is -2.39. The third-order valence-corrected chi connectivity index (χ3v) is 3.99. The molecule has 2 aromatic rings. The summed E-state index contributed by atoms with van der Waals surface area (Å²) in [7, 11) is 1.51. The molecule has 0 amide bonds. The van der Waals surface area contributed by atoms with E-state index in [1.807, 2.05) is 25.3 Å². The molecule has 116 valence electrons. The van der Waals surface area contributed by atoms with E-state index in [1.165, 1.54) is 7.05 Å². The molecule has 2 aromatic heterocycles. The zero-order chi connectivity index (χ0) is 15.7. The van der Waals surface area contributed by atoms with Gasteiger partial charge in [-0.25, -0.2) is 9.78 Å². The molecule has 0 spiro atoms. The fraction of sp³-hybridized carbons (Fsp3) is 0.643. The predicted molar refractivity (Wildman–Crippen MR) is 82.6 cm³/mol. The van der Waals surface area contributed by atoms with Crippen LogP contribution in [-0.4, -0.2) is 25.2 Å². The highest BCUT2D eigenvalue weighted by atomic mass is 16.2. The standard InChI is InChI=1S/C14H23N5O2/c1-5-9(2)19-12-11(13(20)17(4)14(19)21)18(8-6-7-15)10(3)16-12/h9H,5-8,15H2,1-4H3. The van der Waals surface area contributed by atoms with Gasteiger partial charge in [-0.1, -0.05) is 6.92 Å². The fourth-order valence-electron chi connectivity index (χ4n) is 2.53. The van der Waals surface area contributed by atoms with Gasteiger partial charge in [-0.05, 0) is 33.2 Å². The summed E-state index contributed by atoms with van der Waals surface area (Å²) in [5.74, 6) is 0.734. The maximum atomic E-state index is 12.5. The van der Waals surface area contributed by atoms with Gasteiger partial charge in [-0.15, -0.1) is 0 Å². The highest BCUT2D eigenvalue weighted by Crippen LogP contribution is 2.16. The van der Waals surface area contributed by atoms with Gasteiger partial charge >= 0.3 is 5.69 Å². The third kappa shape index (κ3) is 2.42. The van der Waals surface area contributed by atoms with E-state index < -0.39 is 0 Å². The Labute approximate surface area is 123 Å². The Hall–Kier alpha value is -1.89. The zero-order valence-electron chi connectivity index (χ0n) is 13.1. The molecule has 7 heteroatoms. The van der Waals surface area contributed by atoms with Gasteiger partial charge in [0.15, 0.2) is 11.2 Å². The van der Waals surface area contributed by atoms with Gasteiger partial charge in [-0.2, -0.15) is 0 Å². The molecule has 0 aliphatic heterocycles. The normalized spacial score (nSPS) is 13.0. The van der Waals surface area contributed by atoms with Crippen LogP contribution in [0.4, 0.5) is 0 Å². The van der Waals surface area contributed by atoms with Crippen LogP contribution in [0.3, 0.4) is 0 Å². The van der Waals surface area contributed by atoms with E-state index in [0.29, 0.717) is 24.3 Å². The SMILES string of the molecule is CCC(C)n1c(=O)n(C)c(=O)c2c1nc(C)n2CCCN. The summed E-state index contributed by atoms with van der Waals surface area (Å²) in [5.41, 5.74) is 5.91. The van der Waals surface area contributed by atoms with Crippen LogP contribution in [0.2, 0.25) is 0 Å². The van der Waals surface area contributed by atoms with Crippen LogP contribution in [0.25, 0.3) is 11.2 Å². The summed E-state index contributed by atoms with van der Waals surface area (Å²) in [4.78, 5) is 29.3. The van der Waals surface area contributed by atoms with Crippen molar-refractivity contribution >= 4 is 11.2 Å². The second-order valence-corrected chi connectivity index (χ2v) is 5.40. The first-order chi connectivity index (χ1) is 9.93. The number of nitrogens with two attached hydrogens (primary N) is 1. The summed E-state index contributed by atoms with van der Waals surface area (Å²) < 4.78 is 4.64. The van der Waals surface area contributed by atoms with Crippen LogP contribution in [0.15, 0.2) is 9.59 Å². The first kappa shape index (κ1) is 15.5. The maximum absolute atomic E-state index is 12.5. The van der Waals surface area contributed by atoms with E-state index in [-0.39, 0.29) is 17.3 Å². The number of aryl methyl sites for hydroxylation is 2. The molecule has 1 atom stereocenters. The van der Waals surface area contributed by atoms with E-state index in [0.717, 1.165) is 23.2 Å². The third-order valence-electron chi connectivity index (χ3n) is 3.99. The Morgan fingerprint density at radius 3 is 2.57 bits per heavy atom. The van der Waals surface area contributed by atoms with Crippen LogP contribution in [0.1, 0.15) is 38.6 Å². The van der Waals surface area contributed by atoms with Crippen molar-refractivity contribution in [3.05, 3.63) is 26.7 Å². The number of aromatic nitrogens is 4. The van der Waals surface area contributed by atoms with Gasteiger partial charge in [0.1, 0.15) is 5.82 Å². The quantitative estimate of drug-likeness (QED) is 0.870. The molecule has 0 aliphatic rings. The molecule has 1 unspecified atom stereocenters. The summed E-state index contributed by atoms with van der Waals surface area (Å²) in [5, 5.41) is 0. The second-order valence-electron chi connectivity index (χ2n) is 5.40. The number of imidazole rings is 1. The lowest BCUT2D eigenvalue weighted by Gasteiger charge is -2.15. The Morgan fingerprint density at radius 2 is 2.00 bits per heavy atom. The Kier molecular flexibility index (Phi) is 4.32. The average molecular weight is 293 g/mol. The largest absolute Gasteiger partial charge is 0.332 e. The van der Waals surface area contributed by atoms with E-state index in [1.54, 1.807) is 4.57 Å². The molecular formula is C14H23N5O2. The minimum Gasteiger partial charge on any atom is -0.330 e. The molecule has 0 bridgehead atoms. The van der Waals surface area contributed by atoms with Crippen molar-refractivity contribution in [2.45, 2.75) is 46.2 Å². The van der Waals surface area contributed by atoms with E-state index in [4.69, 9.17) is 5.73 Å². The van der Waals surface area contributed by atoms with E-state index in [9.17, 15) is 9.59 Å². The molecule has 2 N–H and O–H groups in total. The van der Waals surface area contributed by atoms with Gasteiger partial charge in [0.2, 0.25) is 0 Å². The van der Waals surface area contributed by atoms with Crippen molar-refractivity contribution in [3.63, 3.8) is 0 Å². The van der Waals surface area contributed by atoms with Crippen LogP contribution in [-0.2, 0) is 13.6 Å². The molecular weight excluding hydrogens is 270 g/mol. The van der Waals surface area contributed by atoms with Gasteiger partial charge in [0, 0.05) is 19.6 Å². The second kappa shape index (κ2) is 5.85. The smallest absolute Gasteiger partial charge is 0.330 e. The molecule has 0 aromatic carbocycles. The fourth-order valence-corrected chi connectivity index (χ4v) is 2.53. The van der Waals surface area contributed by atoms with Gasteiger partial charge < -0.3 is 10.3 Å². The number of hydrogen-bond donors (Lipinski definition) is 1. The Morgan fingerprint density at radius 1 is 1.33 bits per heavy atom. The number of fused-ring (bicyclic) bond motifs is 1. The van der Waals surface area contributed by atoms with E-state index in [2.05, 4.69) is 4.98 Å². The van der Waals surface area contributed by atoms with Crippen LogP contribution in [0, 0.1) is 6.92 Å².